The van der Waals surface area contributed by atoms with Gasteiger partial charge in [-0.3, -0.25) is 14.4 Å². The lowest BCUT2D eigenvalue weighted by Gasteiger charge is -2.13. The van der Waals surface area contributed by atoms with Crippen molar-refractivity contribution in [3.63, 3.8) is 0 Å². The van der Waals surface area contributed by atoms with Crippen LogP contribution < -0.4 is 19.5 Å². The Hall–Kier alpha value is -4.39. The number of nitrogens with one attached hydrogen (secondary N) is 1. The van der Waals surface area contributed by atoms with E-state index in [1.54, 1.807) is 79.9 Å². The Morgan fingerprint density at radius 3 is 2.29 bits per heavy atom. The molecule has 0 aliphatic heterocycles. The number of anilines is 1. The highest BCUT2D eigenvalue weighted by Gasteiger charge is 2.32. The third kappa shape index (κ3) is 4.83. The highest BCUT2D eigenvalue weighted by molar-refractivity contribution is 6.41. The van der Waals surface area contributed by atoms with E-state index in [-0.39, 0.29) is 29.7 Å². The summed E-state index contributed by atoms with van der Waals surface area (Å²) in [6.45, 7) is 1.96. The number of rotatable bonds is 8. The average Bonchev–Trinajstić information content (AvgIpc) is 3.09. The molecule has 0 saturated heterocycles. The van der Waals surface area contributed by atoms with Crippen molar-refractivity contribution in [3.8, 4) is 17.2 Å². The molecular weight excluding hydrogens is 434 g/mol. The number of hydrogen-bond donors (Lipinski definition) is 1. The molecule has 1 aliphatic rings. The van der Waals surface area contributed by atoms with Crippen LogP contribution >= 0.6 is 0 Å². The van der Waals surface area contributed by atoms with E-state index < -0.39 is 0 Å². The number of benzene rings is 3. The van der Waals surface area contributed by atoms with Gasteiger partial charge in [0.2, 0.25) is 0 Å². The number of carbonyl (C=O) groups is 3. The molecule has 0 saturated carbocycles. The first-order valence-corrected chi connectivity index (χ1v) is 10.7. The van der Waals surface area contributed by atoms with Crippen LogP contribution in [-0.4, -0.2) is 37.8 Å². The van der Waals surface area contributed by atoms with Gasteiger partial charge in [-0.15, -0.1) is 0 Å². The molecule has 34 heavy (non-hydrogen) atoms. The van der Waals surface area contributed by atoms with E-state index in [4.69, 9.17) is 14.2 Å². The normalized spacial score (nSPS) is 12.2. The number of amides is 1. The zero-order chi connectivity index (χ0) is 24.1. The van der Waals surface area contributed by atoms with Crippen molar-refractivity contribution in [3.05, 3.63) is 89.0 Å². The second-order valence-electron chi connectivity index (χ2n) is 7.47. The lowest BCUT2D eigenvalue weighted by atomic mass is 10.1. The van der Waals surface area contributed by atoms with Crippen LogP contribution in [0.2, 0.25) is 0 Å². The second kappa shape index (κ2) is 10.0. The van der Waals surface area contributed by atoms with Gasteiger partial charge in [0.15, 0.2) is 29.7 Å². The summed E-state index contributed by atoms with van der Waals surface area (Å²) in [7, 11) is 1.55. The van der Waals surface area contributed by atoms with Crippen molar-refractivity contribution in [2.24, 2.45) is 0 Å². The van der Waals surface area contributed by atoms with Gasteiger partial charge in [0.05, 0.1) is 19.3 Å². The summed E-state index contributed by atoms with van der Waals surface area (Å²) in [6.07, 6.45) is 1.55. The zero-order valence-electron chi connectivity index (χ0n) is 18.8. The minimum Gasteiger partial charge on any atom is -0.497 e. The van der Waals surface area contributed by atoms with Crippen LogP contribution in [0.5, 0.6) is 17.2 Å². The summed E-state index contributed by atoms with van der Waals surface area (Å²) in [5, 5.41) is 2.75. The third-order valence-corrected chi connectivity index (χ3v) is 5.20. The molecule has 3 aromatic rings. The lowest BCUT2D eigenvalue weighted by Crippen LogP contribution is -2.20. The van der Waals surface area contributed by atoms with E-state index in [2.05, 4.69) is 5.32 Å². The van der Waals surface area contributed by atoms with Crippen LogP contribution in [0, 0.1) is 0 Å². The number of allylic oxidation sites excluding steroid dienone is 1. The van der Waals surface area contributed by atoms with E-state index >= 15 is 0 Å². The summed E-state index contributed by atoms with van der Waals surface area (Å²) in [6, 6.07) is 18.8. The Kier molecular flexibility index (Phi) is 6.73. The van der Waals surface area contributed by atoms with Crippen LogP contribution in [-0.2, 0) is 4.79 Å². The van der Waals surface area contributed by atoms with Crippen LogP contribution in [0.25, 0.3) is 6.08 Å². The van der Waals surface area contributed by atoms with Crippen LogP contribution in [0.3, 0.4) is 0 Å². The van der Waals surface area contributed by atoms with E-state index in [0.29, 0.717) is 46.2 Å². The molecular formula is C27H23NO6. The quantitative estimate of drug-likeness (QED) is 0.394. The van der Waals surface area contributed by atoms with Crippen molar-refractivity contribution >= 4 is 29.2 Å². The van der Waals surface area contributed by atoms with Gasteiger partial charge in [-0.1, -0.05) is 36.4 Å². The van der Waals surface area contributed by atoms with Crippen molar-refractivity contribution in [1.29, 1.82) is 0 Å². The molecule has 1 N–H and O–H groups in total. The molecule has 1 amide bonds. The molecule has 7 heteroatoms. The monoisotopic (exact) mass is 457 g/mol. The van der Waals surface area contributed by atoms with Gasteiger partial charge in [0, 0.05) is 22.9 Å². The molecule has 0 heterocycles. The summed E-state index contributed by atoms with van der Waals surface area (Å²) < 4.78 is 16.5. The fraction of sp³-hybridized carbons (Fsp3) is 0.148. The standard InChI is InChI=1S/C27H23NO6/c1-3-33-24-14-17(13-22-26(30)20-9-4-5-10-21(20)27(22)31)11-12-23(24)34-16-25(29)28-18-7-6-8-19(15-18)32-2/h4-15H,3,16H2,1-2H3,(H,28,29). The molecule has 4 rings (SSSR count). The Morgan fingerprint density at radius 2 is 1.62 bits per heavy atom. The fourth-order valence-corrected chi connectivity index (χ4v) is 3.61. The SMILES string of the molecule is CCOc1cc(C=C2C(=O)c3ccccc3C2=O)ccc1OCC(=O)Nc1cccc(OC)c1. The highest BCUT2D eigenvalue weighted by Crippen LogP contribution is 2.32. The Bertz CT molecular complexity index is 1260. The number of ketones is 2. The van der Waals surface area contributed by atoms with Crippen molar-refractivity contribution in [2.45, 2.75) is 6.92 Å². The molecule has 3 aromatic carbocycles. The van der Waals surface area contributed by atoms with E-state index in [9.17, 15) is 14.4 Å². The van der Waals surface area contributed by atoms with Crippen LogP contribution in [0.15, 0.2) is 72.3 Å². The minimum atomic E-state index is -0.346. The minimum absolute atomic E-state index is 0.106. The number of methoxy groups -OCH3 is 1. The number of ether oxygens (including phenoxy) is 3. The van der Waals surface area contributed by atoms with E-state index in [0.717, 1.165) is 0 Å². The van der Waals surface area contributed by atoms with Crippen molar-refractivity contribution < 1.29 is 28.6 Å². The predicted molar refractivity (Wildman–Crippen MR) is 128 cm³/mol. The van der Waals surface area contributed by atoms with E-state index in [1.165, 1.54) is 0 Å². The van der Waals surface area contributed by atoms with Crippen molar-refractivity contribution in [1.82, 2.24) is 0 Å². The molecule has 172 valence electrons. The second-order valence-corrected chi connectivity index (χ2v) is 7.47. The zero-order valence-corrected chi connectivity index (χ0v) is 18.8. The first-order chi connectivity index (χ1) is 16.5. The van der Waals surface area contributed by atoms with Crippen LogP contribution in [0.1, 0.15) is 33.2 Å². The van der Waals surface area contributed by atoms with Gasteiger partial charge in [-0.05, 0) is 42.8 Å². The Balaban J connectivity index is 1.49. The number of hydrogen-bond acceptors (Lipinski definition) is 6. The highest BCUT2D eigenvalue weighted by atomic mass is 16.5. The molecule has 1 aliphatic carbocycles. The Morgan fingerprint density at radius 1 is 0.882 bits per heavy atom. The number of Topliss-reactive ketones (excluding diaryl/α,β-unsaturated/α-hetero) is 2. The van der Waals surface area contributed by atoms with Crippen LogP contribution in [0.4, 0.5) is 5.69 Å². The Labute approximate surface area is 197 Å². The van der Waals surface area contributed by atoms with E-state index in [1.807, 2.05) is 6.92 Å². The van der Waals surface area contributed by atoms with Crippen molar-refractivity contribution in [2.75, 3.05) is 25.6 Å². The van der Waals surface area contributed by atoms with Gasteiger partial charge in [-0.25, -0.2) is 0 Å². The summed E-state index contributed by atoms with van der Waals surface area (Å²) in [4.78, 5) is 37.6. The summed E-state index contributed by atoms with van der Waals surface area (Å²) in [5.41, 5.74) is 2.12. The molecule has 0 spiro atoms. The molecule has 0 atom stereocenters. The maximum Gasteiger partial charge on any atom is 0.262 e. The maximum absolute atomic E-state index is 12.7. The molecule has 0 bridgehead atoms. The third-order valence-electron chi connectivity index (χ3n) is 5.20. The fourth-order valence-electron chi connectivity index (χ4n) is 3.61. The van der Waals surface area contributed by atoms with Gasteiger partial charge < -0.3 is 19.5 Å². The maximum atomic E-state index is 12.7. The molecule has 0 unspecified atom stereocenters. The smallest absolute Gasteiger partial charge is 0.262 e. The topological polar surface area (TPSA) is 90.9 Å². The summed E-state index contributed by atoms with van der Waals surface area (Å²) in [5.74, 6) is 0.464. The van der Waals surface area contributed by atoms with Gasteiger partial charge in [0.1, 0.15) is 5.75 Å². The predicted octanol–water partition coefficient (Wildman–Crippen LogP) is 4.57. The number of carbonyl (C=O) groups excluding carboxylic acids is 3. The molecule has 0 radical (unpaired) electrons. The van der Waals surface area contributed by atoms with Gasteiger partial charge in [-0.2, -0.15) is 0 Å². The summed E-state index contributed by atoms with van der Waals surface area (Å²) >= 11 is 0. The van der Waals surface area contributed by atoms with Gasteiger partial charge in [0.25, 0.3) is 5.91 Å². The first-order valence-electron chi connectivity index (χ1n) is 10.7. The first kappa shape index (κ1) is 22.8. The molecule has 7 nitrogen and oxygen atoms in total. The number of fused-ring (bicyclic) bond motifs is 1. The lowest BCUT2D eigenvalue weighted by molar-refractivity contribution is -0.118. The molecule has 0 fully saturated rings. The average molecular weight is 457 g/mol. The van der Waals surface area contributed by atoms with Gasteiger partial charge >= 0.3 is 0 Å². The largest absolute Gasteiger partial charge is 0.497 e. The molecule has 0 aromatic heterocycles.